The van der Waals surface area contributed by atoms with E-state index in [1.54, 1.807) is 78.9 Å². The first kappa shape index (κ1) is 20.8. The third kappa shape index (κ3) is 5.58. The summed E-state index contributed by atoms with van der Waals surface area (Å²) in [6.07, 6.45) is 3.00. The third-order valence-electron chi connectivity index (χ3n) is 4.64. The summed E-state index contributed by atoms with van der Waals surface area (Å²) in [6.45, 7) is 0. The van der Waals surface area contributed by atoms with Crippen LogP contribution in [-0.4, -0.2) is 11.8 Å². The number of para-hydroxylation sites is 2. The maximum atomic E-state index is 12.8. The molecule has 0 N–H and O–H groups in total. The van der Waals surface area contributed by atoms with E-state index in [-0.39, 0.29) is 5.78 Å². The van der Waals surface area contributed by atoms with Gasteiger partial charge < -0.3 is 9.47 Å². The normalized spacial score (nSPS) is 10.6. The summed E-state index contributed by atoms with van der Waals surface area (Å²) in [5.41, 5.74) is 1.92. The van der Waals surface area contributed by atoms with Gasteiger partial charge in [0.15, 0.2) is 5.78 Å². The van der Waals surface area contributed by atoms with E-state index in [0.29, 0.717) is 22.6 Å². The Bertz CT molecular complexity index is 1210. The quantitative estimate of drug-likeness (QED) is 0.152. The van der Waals surface area contributed by atoms with Crippen molar-refractivity contribution in [2.24, 2.45) is 0 Å². The van der Waals surface area contributed by atoms with Gasteiger partial charge in [-0.05, 0) is 60.2 Å². The zero-order valence-electron chi connectivity index (χ0n) is 17.2. The lowest BCUT2D eigenvalue weighted by Gasteiger charge is -2.07. The topological polar surface area (TPSA) is 52.6 Å². The molecule has 4 heteroatoms. The molecule has 0 aromatic heterocycles. The van der Waals surface area contributed by atoms with Crippen molar-refractivity contribution in [1.29, 1.82) is 0 Å². The van der Waals surface area contributed by atoms with Crippen molar-refractivity contribution < 1.29 is 19.1 Å². The first-order chi connectivity index (χ1) is 15.7. The van der Waals surface area contributed by atoms with Crippen LogP contribution in [0.3, 0.4) is 0 Å². The van der Waals surface area contributed by atoms with E-state index in [4.69, 9.17) is 9.47 Å². The zero-order chi connectivity index (χ0) is 22.2. The highest BCUT2D eigenvalue weighted by Crippen LogP contribution is 2.22. The van der Waals surface area contributed by atoms with Gasteiger partial charge in [-0.3, -0.25) is 4.79 Å². The average molecular weight is 420 g/mol. The summed E-state index contributed by atoms with van der Waals surface area (Å²) in [5, 5.41) is 0. The molecule has 4 rings (SSSR count). The summed E-state index contributed by atoms with van der Waals surface area (Å²) in [6, 6.07) is 32.4. The highest BCUT2D eigenvalue weighted by atomic mass is 16.5. The molecule has 0 radical (unpaired) electrons. The van der Waals surface area contributed by atoms with Gasteiger partial charge in [-0.2, -0.15) is 0 Å². The second-order valence-corrected chi connectivity index (χ2v) is 6.96. The van der Waals surface area contributed by atoms with Crippen LogP contribution >= 0.6 is 0 Å². The van der Waals surface area contributed by atoms with Crippen molar-refractivity contribution in [2.75, 3.05) is 0 Å². The summed E-state index contributed by atoms with van der Waals surface area (Å²) in [7, 11) is 0. The number of benzene rings is 4. The molecule has 0 heterocycles. The molecule has 32 heavy (non-hydrogen) atoms. The molecule has 0 atom stereocenters. The number of esters is 1. The van der Waals surface area contributed by atoms with Crippen molar-refractivity contribution in [3.63, 3.8) is 0 Å². The van der Waals surface area contributed by atoms with Crippen LogP contribution in [-0.2, 0) is 4.79 Å². The van der Waals surface area contributed by atoms with Crippen molar-refractivity contribution >= 4 is 17.8 Å². The van der Waals surface area contributed by atoms with Gasteiger partial charge in [-0.15, -0.1) is 0 Å². The minimum atomic E-state index is -0.464. The molecule has 0 bridgehead atoms. The van der Waals surface area contributed by atoms with Gasteiger partial charge in [-0.25, -0.2) is 4.79 Å². The molecule has 0 amide bonds. The van der Waals surface area contributed by atoms with Crippen LogP contribution in [0.2, 0.25) is 0 Å². The van der Waals surface area contributed by atoms with Gasteiger partial charge in [0.1, 0.15) is 17.2 Å². The predicted octanol–water partition coefficient (Wildman–Crippen LogP) is 6.33. The molecule has 156 valence electrons. The van der Waals surface area contributed by atoms with Crippen LogP contribution in [0.1, 0.15) is 21.5 Å². The number of carbonyl (C=O) groups is 2. The number of hydrogen-bond donors (Lipinski definition) is 0. The Balaban J connectivity index is 1.37. The van der Waals surface area contributed by atoms with E-state index in [0.717, 1.165) is 11.3 Å². The van der Waals surface area contributed by atoms with E-state index in [1.807, 2.05) is 36.4 Å². The largest absolute Gasteiger partial charge is 0.457 e. The Labute approximate surface area is 186 Å². The van der Waals surface area contributed by atoms with E-state index in [2.05, 4.69) is 0 Å². The van der Waals surface area contributed by atoms with Gasteiger partial charge in [0.2, 0.25) is 0 Å². The van der Waals surface area contributed by atoms with Crippen LogP contribution in [0.25, 0.3) is 6.08 Å². The van der Waals surface area contributed by atoms with Crippen LogP contribution in [0.5, 0.6) is 17.2 Å². The van der Waals surface area contributed by atoms with Crippen molar-refractivity contribution in [1.82, 2.24) is 0 Å². The lowest BCUT2D eigenvalue weighted by atomic mass is 10.0. The minimum Gasteiger partial charge on any atom is -0.457 e. The minimum absolute atomic E-state index is 0.0877. The van der Waals surface area contributed by atoms with Crippen LogP contribution in [0, 0.1) is 0 Å². The number of hydrogen-bond acceptors (Lipinski definition) is 4. The highest BCUT2D eigenvalue weighted by molar-refractivity contribution is 6.09. The number of rotatable bonds is 7. The number of ketones is 1. The Morgan fingerprint density at radius 2 is 1.06 bits per heavy atom. The Morgan fingerprint density at radius 3 is 1.66 bits per heavy atom. The van der Waals surface area contributed by atoms with E-state index < -0.39 is 5.97 Å². The molecule has 4 aromatic carbocycles. The predicted molar refractivity (Wildman–Crippen MR) is 124 cm³/mol. The first-order valence-corrected chi connectivity index (χ1v) is 10.1. The fourth-order valence-corrected chi connectivity index (χ4v) is 3.01. The Morgan fingerprint density at radius 1 is 0.562 bits per heavy atom. The van der Waals surface area contributed by atoms with Crippen molar-refractivity contribution in [3.8, 4) is 17.2 Å². The molecule has 0 aliphatic carbocycles. The Hall–Kier alpha value is -4.44. The monoisotopic (exact) mass is 420 g/mol. The second-order valence-electron chi connectivity index (χ2n) is 6.96. The summed E-state index contributed by atoms with van der Waals surface area (Å²) >= 11 is 0. The van der Waals surface area contributed by atoms with Crippen LogP contribution < -0.4 is 9.47 Å². The molecule has 0 unspecified atom stereocenters. The lowest BCUT2D eigenvalue weighted by molar-refractivity contribution is -0.128. The summed E-state index contributed by atoms with van der Waals surface area (Å²) in [4.78, 5) is 24.7. The molecule has 4 nitrogen and oxygen atoms in total. The van der Waals surface area contributed by atoms with E-state index in [9.17, 15) is 9.59 Å². The fraction of sp³-hybridized carbons (Fsp3) is 0. The van der Waals surface area contributed by atoms with Crippen LogP contribution in [0.4, 0.5) is 0 Å². The van der Waals surface area contributed by atoms with Gasteiger partial charge in [0.05, 0.1) is 0 Å². The molecular formula is C28H20O4. The summed E-state index contributed by atoms with van der Waals surface area (Å²) in [5.74, 6) is 1.34. The molecular weight excluding hydrogens is 400 g/mol. The summed E-state index contributed by atoms with van der Waals surface area (Å²) < 4.78 is 11.0. The molecule has 0 aliphatic heterocycles. The maximum Gasteiger partial charge on any atom is 0.336 e. The SMILES string of the molecule is O=C(/C=C/c1ccc(C(=O)c2ccc(Oc3ccccc3)cc2)cc1)Oc1ccccc1. The Kier molecular flexibility index (Phi) is 6.54. The standard InChI is InChI=1S/C28H20O4/c29-27(32-25-9-5-2-6-10-25)20-13-21-11-14-22(15-12-21)28(30)23-16-18-26(19-17-23)31-24-7-3-1-4-8-24/h1-20H/b20-13+. The van der Waals surface area contributed by atoms with Crippen molar-refractivity contribution in [3.05, 3.63) is 132 Å². The first-order valence-electron chi connectivity index (χ1n) is 10.1. The van der Waals surface area contributed by atoms with Gasteiger partial charge in [0, 0.05) is 17.2 Å². The lowest BCUT2D eigenvalue weighted by Crippen LogP contribution is -2.03. The molecule has 0 spiro atoms. The van der Waals surface area contributed by atoms with E-state index >= 15 is 0 Å². The number of ether oxygens (including phenoxy) is 2. The maximum absolute atomic E-state index is 12.8. The highest BCUT2D eigenvalue weighted by Gasteiger charge is 2.09. The average Bonchev–Trinajstić information content (AvgIpc) is 2.84. The number of carbonyl (C=O) groups excluding carboxylic acids is 2. The van der Waals surface area contributed by atoms with Gasteiger partial charge in [-0.1, -0.05) is 60.7 Å². The molecule has 0 saturated carbocycles. The van der Waals surface area contributed by atoms with Crippen molar-refractivity contribution in [2.45, 2.75) is 0 Å². The van der Waals surface area contributed by atoms with E-state index in [1.165, 1.54) is 6.08 Å². The third-order valence-corrected chi connectivity index (χ3v) is 4.64. The fourth-order valence-electron chi connectivity index (χ4n) is 3.01. The molecule has 0 aliphatic rings. The second kappa shape index (κ2) is 10.0. The van der Waals surface area contributed by atoms with Gasteiger partial charge in [0.25, 0.3) is 0 Å². The zero-order valence-corrected chi connectivity index (χ0v) is 17.2. The van der Waals surface area contributed by atoms with Crippen LogP contribution in [0.15, 0.2) is 115 Å². The molecule has 0 saturated heterocycles. The van der Waals surface area contributed by atoms with Gasteiger partial charge >= 0.3 is 5.97 Å². The smallest absolute Gasteiger partial charge is 0.336 e. The molecule has 4 aromatic rings. The molecule has 0 fully saturated rings.